The van der Waals surface area contributed by atoms with Crippen LogP contribution in [0.15, 0.2) is 46.9 Å². The predicted molar refractivity (Wildman–Crippen MR) is 79.9 cm³/mol. The Kier molecular flexibility index (Phi) is 3.35. The third kappa shape index (κ3) is 2.14. The van der Waals surface area contributed by atoms with E-state index in [1.165, 1.54) is 17.7 Å². The van der Waals surface area contributed by atoms with Gasteiger partial charge in [-0.3, -0.25) is 0 Å². The van der Waals surface area contributed by atoms with Gasteiger partial charge in [0.25, 0.3) is 0 Å². The molecule has 2 aromatic carbocycles. The number of nitrogens with zero attached hydrogens (tertiary/aromatic N) is 1. The van der Waals surface area contributed by atoms with Crippen molar-refractivity contribution in [3.05, 3.63) is 69.4 Å². The number of hydrogen-bond acceptors (Lipinski definition) is 1. The Labute approximate surface area is 126 Å². The molecule has 0 spiro atoms. The van der Waals surface area contributed by atoms with Gasteiger partial charge in [-0.1, -0.05) is 46.3 Å². The zero-order valence-corrected chi connectivity index (χ0v) is 12.5. The molecule has 3 heteroatoms. The van der Waals surface area contributed by atoms with Gasteiger partial charge in [-0.15, -0.1) is 0 Å². The number of halogens is 2. The molecule has 0 saturated heterocycles. The van der Waals surface area contributed by atoms with Crippen LogP contribution in [-0.2, 0) is 18.3 Å². The minimum Gasteiger partial charge on any atom is -0.207 e. The zero-order valence-electron chi connectivity index (χ0n) is 10.9. The Morgan fingerprint density at radius 3 is 2.80 bits per heavy atom. The Bertz CT molecular complexity index is 704. The second-order valence-corrected chi connectivity index (χ2v) is 6.12. The van der Waals surface area contributed by atoms with Gasteiger partial charge in [0.05, 0.1) is 11.5 Å². The Hall–Kier alpha value is -1.66. The molecule has 0 bridgehead atoms. The third-order valence-corrected chi connectivity index (χ3v) is 4.81. The van der Waals surface area contributed by atoms with Crippen LogP contribution in [0.1, 0.15) is 23.1 Å². The molecule has 100 valence electrons. The summed E-state index contributed by atoms with van der Waals surface area (Å²) in [6.07, 6.45) is 2.37. The van der Waals surface area contributed by atoms with Gasteiger partial charge in [0.1, 0.15) is 5.82 Å². The average molecular weight is 330 g/mol. The molecular weight excluding hydrogens is 317 g/mol. The van der Waals surface area contributed by atoms with Gasteiger partial charge >= 0.3 is 0 Å². The Morgan fingerprint density at radius 1 is 1.25 bits per heavy atom. The van der Waals surface area contributed by atoms with Crippen molar-refractivity contribution in [3.63, 3.8) is 0 Å². The number of aryl methyl sites for hydroxylation is 1. The molecule has 0 fully saturated rings. The summed E-state index contributed by atoms with van der Waals surface area (Å²) in [4.78, 5) is 0. The normalized spacial score (nSPS) is 20.4. The van der Waals surface area contributed by atoms with Gasteiger partial charge in [0.15, 0.2) is 0 Å². The third-order valence-electron chi connectivity index (χ3n) is 4.08. The molecule has 0 N–H and O–H groups in total. The molecule has 1 aliphatic rings. The van der Waals surface area contributed by atoms with Crippen LogP contribution in [-0.4, -0.2) is 0 Å². The number of nitriles is 1. The molecule has 20 heavy (non-hydrogen) atoms. The molecule has 0 saturated carbocycles. The van der Waals surface area contributed by atoms with Crippen molar-refractivity contribution in [1.82, 2.24) is 0 Å². The standard InChI is InChI=1S/C17H13BrFN/c18-16-9-14(19)6-5-13(16)10-17(11-20)8-7-12-3-1-2-4-15(12)17/h1-6,9H,7-8,10H2. The van der Waals surface area contributed by atoms with Crippen molar-refractivity contribution in [1.29, 1.82) is 5.26 Å². The SMILES string of the molecule is N#CC1(Cc2ccc(F)cc2Br)CCc2ccccc21. The molecule has 0 amide bonds. The van der Waals surface area contributed by atoms with Gasteiger partial charge in [-0.2, -0.15) is 5.26 Å². The van der Waals surface area contributed by atoms with E-state index < -0.39 is 5.41 Å². The fraction of sp³-hybridized carbons (Fsp3) is 0.235. The van der Waals surface area contributed by atoms with Crippen LogP contribution in [0.5, 0.6) is 0 Å². The smallest absolute Gasteiger partial charge is 0.124 e. The monoisotopic (exact) mass is 329 g/mol. The van der Waals surface area contributed by atoms with Crippen LogP contribution in [0.4, 0.5) is 4.39 Å². The van der Waals surface area contributed by atoms with E-state index in [0.717, 1.165) is 28.4 Å². The summed E-state index contributed by atoms with van der Waals surface area (Å²) in [5.41, 5.74) is 2.87. The molecule has 0 aromatic heterocycles. The summed E-state index contributed by atoms with van der Waals surface area (Å²) < 4.78 is 13.9. The molecule has 1 nitrogen and oxygen atoms in total. The summed E-state index contributed by atoms with van der Waals surface area (Å²) >= 11 is 3.40. The summed E-state index contributed by atoms with van der Waals surface area (Å²) in [5, 5.41) is 9.73. The lowest BCUT2D eigenvalue weighted by atomic mass is 9.78. The molecule has 0 heterocycles. The topological polar surface area (TPSA) is 23.8 Å². The van der Waals surface area contributed by atoms with E-state index in [2.05, 4.69) is 28.1 Å². The van der Waals surface area contributed by atoms with E-state index in [0.29, 0.717) is 6.42 Å². The quantitative estimate of drug-likeness (QED) is 0.793. The van der Waals surface area contributed by atoms with E-state index in [1.807, 2.05) is 18.2 Å². The number of fused-ring (bicyclic) bond motifs is 1. The van der Waals surface area contributed by atoms with Gasteiger partial charge in [-0.05, 0) is 48.1 Å². The maximum Gasteiger partial charge on any atom is 0.124 e. The first kappa shape index (κ1) is 13.3. The van der Waals surface area contributed by atoms with E-state index in [9.17, 15) is 9.65 Å². The Balaban J connectivity index is 2.02. The van der Waals surface area contributed by atoms with Crippen molar-refractivity contribution in [2.45, 2.75) is 24.7 Å². The van der Waals surface area contributed by atoms with Gasteiger partial charge < -0.3 is 0 Å². The highest BCUT2D eigenvalue weighted by atomic mass is 79.9. The minimum absolute atomic E-state index is 0.265. The van der Waals surface area contributed by atoms with Crippen LogP contribution in [0, 0.1) is 17.1 Å². The molecule has 3 rings (SSSR count). The summed E-state index contributed by atoms with van der Waals surface area (Å²) in [7, 11) is 0. The minimum atomic E-state index is -0.489. The van der Waals surface area contributed by atoms with Gasteiger partial charge in [0.2, 0.25) is 0 Å². The van der Waals surface area contributed by atoms with Crippen LogP contribution >= 0.6 is 15.9 Å². The lowest BCUT2D eigenvalue weighted by Crippen LogP contribution is -2.24. The molecule has 0 radical (unpaired) electrons. The molecule has 2 aromatic rings. The first-order valence-electron chi connectivity index (χ1n) is 6.58. The van der Waals surface area contributed by atoms with Crippen molar-refractivity contribution < 1.29 is 4.39 Å². The fourth-order valence-electron chi connectivity index (χ4n) is 3.02. The largest absolute Gasteiger partial charge is 0.207 e. The summed E-state index contributed by atoms with van der Waals surface area (Å²) in [5.74, 6) is -0.265. The number of benzene rings is 2. The maximum absolute atomic E-state index is 13.2. The fourth-order valence-corrected chi connectivity index (χ4v) is 3.51. The highest BCUT2D eigenvalue weighted by molar-refractivity contribution is 9.10. The maximum atomic E-state index is 13.2. The molecule has 1 aliphatic carbocycles. The van der Waals surface area contributed by atoms with E-state index in [4.69, 9.17) is 0 Å². The highest BCUT2D eigenvalue weighted by Crippen LogP contribution is 2.42. The van der Waals surface area contributed by atoms with Crippen LogP contribution in [0.2, 0.25) is 0 Å². The summed E-state index contributed by atoms with van der Waals surface area (Å²) in [6, 6.07) is 15.3. The predicted octanol–water partition coefficient (Wildman–Crippen LogP) is 4.54. The second-order valence-electron chi connectivity index (χ2n) is 5.26. The van der Waals surface area contributed by atoms with Crippen molar-refractivity contribution in [2.75, 3.05) is 0 Å². The lowest BCUT2D eigenvalue weighted by molar-refractivity contribution is 0.538. The van der Waals surface area contributed by atoms with Crippen molar-refractivity contribution in [3.8, 4) is 6.07 Å². The molecule has 0 aliphatic heterocycles. The lowest BCUT2D eigenvalue weighted by Gasteiger charge is -2.23. The second kappa shape index (κ2) is 5.03. The number of hydrogen-bond donors (Lipinski definition) is 0. The van der Waals surface area contributed by atoms with Crippen molar-refractivity contribution in [2.24, 2.45) is 0 Å². The summed E-state index contributed by atoms with van der Waals surface area (Å²) in [6.45, 7) is 0. The van der Waals surface area contributed by atoms with Crippen molar-refractivity contribution >= 4 is 15.9 Å². The van der Waals surface area contributed by atoms with Gasteiger partial charge in [0, 0.05) is 4.47 Å². The number of rotatable bonds is 2. The molecular formula is C17H13BrFN. The zero-order chi connectivity index (χ0) is 14.2. The van der Waals surface area contributed by atoms with Crippen LogP contribution in [0.3, 0.4) is 0 Å². The first-order valence-corrected chi connectivity index (χ1v) is 7.37. The van der Waals surface area contributed by atoms with Crippen LogP contribution < -0.4 is 0 Å². The molecule has 1 unspecified atom stereocenters. The highest BCUT2D eigenvalue weighted by Gasteiger charge is 2.39. The average Bonchev–Trinajstić information content (AvgIpc) is 2.82. The Morgan fingerprint density at radius 2 is 2.05 bits per heavy atom. The van der Waals surface area contributed by atoms with E-state index in [1.54, 1.807) is 6.07 Å². The van der Waals surface area contributed by atoms with E-state index in [-0.39, 0.29) is 5.82 Å². The van der Waals surface area contributed by atoms with Crippen LogP contribution in [0.25, 0.3) is 0 Å². The first-order chi connectivity index (χ1) is 9.64. The van der Waals surface area contributed by atoms with Gasteiger partial charge in [-0.25, -0.2) is 4.39 Å². The molecule has 1 atom stereocenters. The van der Waals surface area contributed by atoms with E-state index >= 15 is 0 Å².